The lowest BCUT2D eigenvalue weighted by molar-refractivity contribution is 0.628. The molecule has 0 saturated heterocycles. The van der Waals surface area contributed by atoms with Gasteiger partial charge in [0.1, 0.15) is 5.82 Å². The molecule has 0 amide bonds. The molecular weight excluding hydrogens is 541 g/mol. The molecule has 3 nitrogen and oxygen atoms in total. The van der Waals surface area contributed by atoms with E-state index in [1.54, 1.807) is 0 Å². The van der Waals surface area contributed by atoms with E-state index >= 15 is 0 Å². The molecule has 7 aromatic rings. The van der Waals surface area contributed by atoms with E-state index in [9.17, 15) is 9.65 Å². The van der Waals surface area contributed by atoms with Crippen LogP contribution in [0.15, 0.2) is 158 Å². The highest BCUT2D eigenvalue weighted by molar-refractivity contribution is 6.06. The second-order valence-electron chi connectivity index (χ2n) is 10.5. The summed E-state index contributed by atoms with van der Waals surface area (Å²) in [5, 5.41) is 10.9. The van der Waals surface area contributed by atoms with Crippen molar-refractivity contribution >= 4 is 28.0 Å². The fourth-order valence-corrected chi connectivity index (χ4v) is 5.79. The first-order valence-corrected chi connectivity index (χ1v) is 14.4. The van der Waals surface area contributed by atoms with Crippen LogP contribution in [0.2, 0.25) is 0 Å². The molecule has 6 aromatic carbocycles. The molecule has 0 aliphatic rings. The number of hydrogen-bond donors (Lipinski definition) is 0. The molecule has 0 radical (unpaired) electrons. The third-order valence-electron chi connectivity index (χ3n) is 7.81. The number of halogens is 1. The topological polar surface area (TPSA) is 39.9 Å². The molecule has 7 rings (SSSR count). The number of pyridine rings is 1. The van der Waals surface area contributed by atoms with Gasteiger partial charge in [0.2, 0.25) is 0 Å². The summed E-state index contributed by atoms with van der Waals surface area (Å²) in [5.74, 6) is -0.394. The van der Waals surface area contributed by atoms with Crippen LogP contribution >= 0.6 is 0 Å². The molecule has 0 N–H and O–H groups in total. The summed E-state index contributed by atoms with van der Waals surface area (Å²) < 4.78 is 14.6. The van der Waals surface area contributed by atoms with Gasteiger partial charge in [-0.05, 0) is 71.3 Å². The Bertz CT molecular complexity index is 2140. The van der Waals surface area contributed by atoms with Gasteiger partial charge in [0, 0.05) is 34.0 Å². The van der Waals surface area contributed by atoms with E-state index in [0.717, 1.165) is 55.8 Å². The molecular formula is C40H26FN3. The van der Waals surface area contributed by atoms with E-state index in [0.29, 0.717) is 11.1 Å². The number of nitriles is 1. The molecule has 0 aliphatic heterocycles. The average Bonchev–Trinajstić information content (AvgIpc) is 3.09. The molecule has 4 heteroatoms. The smallest absolute Gasteiger partial charge is 0.123 e. The van der Waals surface area contributed by atoms with Crippen molar-refractivity contribution < 1.29 is 4.39 Å². The minimum absolute atomic E-state index is 0.394. The van der Waals surface area contributed by atoms with Crippen LogP contribution in [-0.2, 0) is 0 Å². The van der Waals surface area contributed by atoms with Crippen molar-refractivity contribution in [3.05, 3.63) is 169 Å². The van der Waals surface area contributed by atoms with Crippen LogP contribution in [0.4, 0.5) is 21.5 Å². The molecule has 0 saturated carbocycles. The Hall–Kier alpha value is -6.05. The van der Waals surface area contributed by atoms with Crippen molar-refractivity contribution in [2.24, 2.45) is 0 Å². The zero-order valence-corrected chi connectivity index (χ0v) is 23.7. The Labute approximate surface area is 255 Å². The van der Waals surface area contributed by atoms with Gasteiger partial charge in [-0.25, -0.2) is 4.39 Å². The van der Waals surface area contributed by atoms with Gasteiger partial charge in [-0.3, -0.25) is 4.98 Å². The quantitative estimate of drug-likeness (QED) is 0.201. The number of rotatable bonds is 6. The summed E-state index contributed by atoms with van der Waals surface area (Å²) in [6.45, 7) is 0. The van der Waals surface area contributed by atoms with E-state index in [4.69, 9.17) is 4.98 Å². The average molecular weight is 568 g/mol. The highest BCUT2D eigenvalue weighted by Gasteiger charge is 2.22. The summed E-state index contributed by atoms with van der Waals surface area (Å²) in [6.07, 6.45) is 1.84. The maximum Gasteiger partial charge on any atom is 0.123 e. The number of fused-ring (bicyclic) bond motifs is 1. The molecule has 208 valence electrons. The standard InChI is InChI=1S/C40H26FN3/c41-32-21-20-30(27-42)35(26-32)34-18-10-11-19-38(34)44(33-16-8-3-9-17-33)39-22-23-43-40-36(29-14-6-2-7-15-29)24-31(25-37(39)40)28-12-4-1-5-13-28/h1-26H. The van der Waals surface area contributed by atoms with Crippen molar-refractivity contribution in [2.75, 3.05) is 4.90 Å². The molecule has 0 aliphatic carbocycles. The van der Waals surface area contributed by atoms with Gasteiger partial charge < -0.3 is 4.90 Å². The second-order valence-corrected chi connectivity index (χ2v) is 10.5. The molecule has 0 unspecified atom stereocenters. The zero-order chi connectivity index (χ0) is 29.9. The molecule has 1 aromatic heterocycles. The Kier molecular flexibility index (Phi) is 7.12. The summed E-state index contributed by atoms with van der Waals surface area (Å²) in [6, 6.07) is 51.6. The first-order chi connectivity index (χ1) is 21.7. The zero-order valence-electron chi connectivity index (χ0n) is 23.7. The number of aromatic nitrogens is 1. The highest BCUT2D eigenvalue weighted by Crippen LogP contribution is 2.45. The maximum atomic E-state index is 14.6. The lowest BCUT2D eigenvalue weighted by atomic mass is 9.94. The van der Waals surface area contributed by atoms with Crippen LogP contribution in [0.3, 0.4) is 0 Å². The lowest BCUT2D eigenvalue weighted by Crippen LogP contribution is -2.12. The van der Waals surface area contributed by atoms with Crippen molar-refractivity contribution in [1.29, 1.82) is 5.26 Å². The van der Waals surface area contributed by atoms with Crippen LogP contribution in [-0.4, -0.2) is 4.98 Å². The van der Waals surface area contributed by atoms with E-state index < -0.39 is 5.82 Å². The highest BCUT2D eigenvalue weighted by atomic mass is 19.1. The Morgan fingerprint density at radius 1 is 0.545 bits per heavy atom. The van der Waals surface area contributed by atoms with E-state index in [1.807, 2.05) is 91.1 Å². The van der Waals surface area contributed by atoms with Gasteiger partial charge in [-0.15, -0.1) is 0 Å². The van der Waals surface area contributed by atoms with Gasteiger partial charge in [0.15, 0.2) is 0 Å². The van der Waals surface area contributed by atoms with Gasteiger partial charge in [0.25, 0.3) is 0 Å². The first-order valence-electron chi connectivity index (χ1n) is 14.4. The maximum absolute atomic E-state index is 14.6. The first kappa shape index (κ1) is 26.8. The minimum atomic E-state index is -0.394. The van der Waals surface area contributed by atoms with Crippen LogP contribution in [0.1, 0.15) is 5.56 Å². The lowest BCUT2D eigenvalue weighted by Gasteiger charge is -2.29. The minimum Gasteiger partial charge on any atom is -0.309 e. The van der Waals surface area contributed by atoms with Crippen molar-refractivity contribution in [3.63, 3.8) is 0 Å². The number of nitrogens with zero attached hydrogens (tertiary/aromatic N) is 3. The summed E-state index contributed by atoms with van der Waals surface area (Å²) in [4.78, 5) is 7.10. The largest absolute Gasteiger partial charge is 0.309 e. The monoisotopic (exact) mass is 567 g/mol. The summed E-state index contributed by atoms with van der Waals surface area (Å²) in [5.41, 5.74) is 9.51. The fraction of sp³-hybridized carbons (Fsp3) is 0. The van der Waals surface area contributed by atoms with Crippen molar-refractivity contribution in [1.82, 2.24) is 4.98 Å². The van der Waals surface area contributed by atoms with E-state index in [-0.39, 0.29) is 0 Å². The van der Waals surface area contributed by atoms with Gasteiger partial charge >= 0.3 is 0 Å². The molecule has 0 fully saturated rings. The molecule has 1 heterocycles. The third-order valence-corrected chi connectivity index (χ3v) is 7.81. The Morgan fingerprint density at radius 3 is 1.93 bits per heavy atom. The number of para-hydroxylation sites is 2. The van der Waals surface area contributed by atoms with Crippen molar-refractivity contribution in [3.8, 4) is 39.4 Å². The summed E-state index contributed by atoms with van der Waals surface area (Å²) in [7, 11) is 0. The predicted octanol–water partition coefficient (Wildman–Crippen LogP) is 10.7. The normalized spacial score (nSPS) is 10.8. The fourth-order valence-electron chi connectivity index (χ4n) is 5.79. The van der Waals surface area contributed by atoms with E-state index in [2.05, 4.69) is 59.5 Å². The van der Waals surface area contributed by atoms with Crippen LogP contribution in [0.25, 0.3) is 44.3 Å². The molecule has 44 heavy (non-hydrogen) atoms. The van der Waals surface area contributed by atoms with Crippen molar-refractivity contribution in [2.45, 2.75) is 0 Å². The Balaban J connectivity index is 1.56. The van der Waals surface area contributed by atoms with Gasteiger partial charge in [-0.2, -0.15) is 5.26 Å². The van der Waals surface area contributed by atoms with Crippen LogP contribution in [0.5, 0.6) is 0 Å². The Morgan fingerprint density at radius 2 is 1.20 bits per heavy atom. The van der Waals surface area contributed by atoms with E-state index in [1.165, 1.54) is 18.2 Å². The predicted molar refractivity (Wildman–Crippen MR) is 177 cm³/mol. The molecule has 0 atom stereocenters. The number of hydrogen-bond acceptors (Lipinski definition) is 3. The number of benzene rings is 6. The summed E-state index contributed by atoms with van der Waals surface area (Å²) >= 11 is 0. The molecule has 0 bridgehead atoms. The third kappa shape index (κ3) is 4.98. The van der Waals surface area contributed by atoms with Gasteiger partial charge in [-0.1, -0.05) is 97.1 Å². The van der Waals surface area contributed by atoms with Gasteiger partial charge in [0.05, 0.1) is 28.5 Å². The number of anilines is 3. The molecule has 0 spiro atoms. The van der Waals surface area contributed by atoms with Crippen LogP contribution < -0.4 is 4.90 Å². The second kappa shape index (κ2) is 11.7. The van der Waals surface area contributed by atoms with Crippen LogP contribution in [0, 0.1) is 17.1 Å². The SMILES string of the molecule is N#Cc1ccc(F)cc1-c1ccccc1N(c1ccccc1)c1ccnc2c(-c3ccccc3)cc(-c3ccccc3)cc12.